The first-order chi connectivity index (χ1) is 16.9. The molecule has 11 nitrogen and oxygen atoms in total. The summed E-state index contributed by atoms with van der Waals surface area (Å²) >= 11 is 6.83. The summed E-state index contributed by atoms with van der Waals surface area (Å²) < 4.78 is 6.97. The Morgan fingerprint density at radius 3 is 2.66 bits per heavy atom. The van der Waals surface area contributed by atoms with Gasteiger partial charge in [0.2, 0.25) is 5.16 Å². The minimum Gasteiger partial charge on any atom is -0.378 e. The minimum atomic E-state index is -0.558. The molecule has 1 fully saturated rings. The van der Waals surface area contributed by atoms with Gasteiger partial charge in [-0.1, -0.05) is 42.1 Å². The van der Waals surface area contributed by atoms with Crippen LogP contribution in [0.3, 0.4) is 0 Å². The molecule has 0 aliphatic carbocycles. The van der Waals surface area contributed by atoms with Crippen LogP contribution in [0.2, 0.25) is 0 Å². The summed E-state index contributed by atoms with van der Waals surface area (Å²) in [5.74, 6) is 0.675. The van der Waals surface area contributed by atoms with Gasteiger partial charge >= 0.3 is 0 Å². The number of aryl methyl sites for hydroxylation is 1. The van der Waals surface area contributed by atoms with Gasteiger partial charge in [0.15, 0.2) is 5.11 Å². The van der Waals surface area contributed by atoms with Crippen molar-refractivity contribution in [2.75, 3.05) is 36.6 Å². The number of nitro benzene ring substituents is 1. The lowest BCUT2D eigenvalue weighted by Gasteiger charge is -2.30. The van der Waals surface area contributed by atoms with Crippen molar-refractivity contribution in [2.24, 2.45) is 0 Å². The average molecular weight is 514 g/mol. The maximum absolute atomic E-state index is 13.1. The van der Waals surface area contributed by atoms with Gasteiger partial charge in [0.1, 0.15) is 5.82 Å². The number of nitro groups is 1. The van der Waals surface area contributed by atoms with Gasteiger partial charge in [-0.2, -0.15) is 0 Å². The number of carbonyl (C=O) groups excluding carboxylic acids is 1. The number of nitrogens with zero attached hydrogens (tertiary/aromatic N) is 5. The summed E-state index contributed by atoms with van der Waals surface area (Å²) in [6.45, 7) is 3.92. The number of anilines is 1. The maximum atomic E-state index is 13.1. The van der Waals surface area contributed by atoms with Crippen molar-refractivity contribution in [3.05, 3.63) is 75.6 Å². The number of rotatable bonds is 7. The second kappa shape index (κ2) is 11.3. The first kappa shape index (κ1) is 24.6. The molecule has 1 saturated heterocycles. The molecule has 0 bridgehead atoms. The number of thiocarbonyl (C=S) groups is 1. The van der Waals surface area contributed by atoms with E-state index >= 15 is 0 Å². The van der Waals surface area contributed by atoms with E-state index in [9.17, 15) is 14.9 Å². The van der Waals surface area contributed by atoms with E-state index in [1.807, 2.05) is 35.2 Å². The molecule has 4 rings (SSSR count). The van der Waals surface area contributed by atoms with Crippen molar-refractivity contribution in [1.29, 1.82) is 0 Å². The van der Waals surface area contributed by atoms with Crippen LogP contribution in [-0.2, 0) is 10.5 Å². The van der Waals surface area contributed by atoms with E-state index in [1.54, 1.807) is 17.7 Å². The number of nitrogens with one attached hydrogen (secondary N) is 2. The zero-order valence-corrected chi connectivity index (χ0v) is 20.5. The molecule has 0 radical (unpaired) electrons. The molecule has 182 valence electrons. The van der Waals surface area contributed by atoms with Gasteiger partial charge in [0, 0.05) is 31.0 Å². The molecule has 0 spiro atoms. The lowest BCUT2D eigenvalue weighted by atomic mass is 10.1. The third kappa shape index (κ3) is 6.12. The Hall–Kier alpha value is -3.55. The monoisotopic (exact) mass is 513 g/mol. The summed E-state index contributed by atoms with van der Waals surface area (Å²) in [5, 5.41) is 22.8. The fourth-order valence-corrected chi connectivity index (χ4v) is 4.56. The highest BCUT2D eigenvalue weighted by Gasteiger charge is 2.23. The standard InChI is InChI=1S/C22H23N7O4S2/c1-15-24-25-22(35-14-16-5-3-2-4-6-16)28(15)26-21(34)23-20(30)18-13-17(29(31)32)7-8-19(18)27-9-11-33-12-10-27/h2-8,13H,9-12,14H2,1H3,(H2,23,26,30,34). The highest BCUT2D eigenvalue weighted by molar-refractivity contribution is 7.98. The second-order valence-corrected chi connectivity index (χ2v) is 8.94. The molecule has 0 atom stereocenters. The normalized spacial score (nSPS) is 13.3. The number of hydrogen-bond donors (Lipinski definition) is 2. The maximum Gasteiger partial charge on any atom is 0.270 e. The fraction of sp³-hybridized carbons (Fsp3) is 0.273. The number of aromatic nitrogens is 3. The van der Waals surface area contributed by atoms with Crippen LogP contribution in [0.4, 0.5) is 11.4 Å². The average Bonchev–Trinajstić information content (AvgIpc) is 3.22. The van der Waals surface area contributed by atoms with E-state index in [0.29, 0.717) is 48.7 Å². The molecule has 3 aromatic rings. The van der Waals surface area contributed by atoms with Gasteiger partial charge in [-0.3, -0.25) is 25.7 Å². The third-order valence-electron chi connectivity index (χ3n) is 5.23. The minimum absolute atomic E-state index is 0.0129. The Labute approximate surface area is 211 Å². The summed E-state index contributed by atoms with van der Waals surface area (Å²) in [4.78, 5) is 25.9. The van der Waals surface area contributed by atoms with Gasteiger partial charge in [-0.05, 0) is 30.8 Å². The molecule has 1 aromatic heterocycles. The fourth-order valence-electron chi connectivity index (χ4n) is 3.49. The van der Waals surface area contributed by atoms with E-state index in [-0.39, 0.29) is 16.4 Å². The lowest BCUT2D eigenvalue weighted by Crippen LogP contribution is -2.41. The molecule has 1 aliphatic heterocycles. The Morgan fingerprint density at radius 2 is 1.94 bits per heavy atom. The summed E-state index contributed by atoms with van der Waals surface area (Å²) in [6, 6.07) is 14.1. The zero-order valence-electron chi connectivity index (χ0n) is 18.8. The van der Waals surface area contributed by atoms with Crippen molar-refractivity contribution >= 4 is 46.4 Å². The van der Waals surface area contributed by atoms with Crippen LogP contribution in [0, 0.1) is 17.0 Å². The smallest absolute Gasteiger partial charge is 0.270 e. The number of benzene rings is 2. The van der Waals surface area contributed by atoms with Crippen molar-refractivity contribution in [1.82, 2.24) is 20.2 Å². The Morgan fingerprint density at radius 1 is 1.20 bits per heavy atom. The predicted octanol–water partition coefficient (Wildman–Crippen LogP) is 2.88. The molecule has 0 saturated carbocycles. The topological polar surface area (TPSA) is 127 Å². The number of hydrogen-bond acceptors (Lipinski definition) is 9. The summed E-state index contributed by atoms with van der Waals surface area (Å²) in [7, 11) is 0. The van der Waals surface area contributed by atoms with Crippen LogP contribution >= 0.6 is 24.0 Å². The molecule has 35 heavy (non-hydrogen) atoms. The highest BCUT2D eigenvalue weighted by Crippen LogP contribution is 2.26. The molecule has 2 aromatic carbocycles. The molecule has 13 heteroatoms. The van der Waals surface area contributed by atoms with Crippen LogP contribution in [0.1, 0.15) is 21.7 Å². The van der Waals surface area contributed by atoms with Crippen LogP contribution < -0.4 is 15.6 Å². The van der Waals surface area contributed by atoms with Crippen molar-refractivity contribution in [3.8, 4) is 0 Å². The second-order valence-electron chi connectivity index (χ2n) is 7.59. The van der Waals surface area contributed by atoms with Crippen LogP contribution in [0.25, 0.3) is 0 Å². The number of non-ortho nitro benzene ring substituents is 1. The van der Waals surface area contributed by atoms with E-state index in [0.717, 1.165) is 5.56 Å². The van der Waals surface area contributed by atoms with Crippen LogP contribution in [0.15, 0.2) is 53.7 Å². The molecule has 1 amide bonds. The van der Waals surface area contributed by atoms with Gasteiger partial charge < -0.3 is 9.64 Å². The summed E-state index contributed by atoms with van der Waals surface area (Å²) in [6.07, 6.45) is 0. The molecular weight excluding hydrogens is 490 g/mol. The van der Waals surface area contributed by atoms with Crippen molar-refractivity contribution in [3.63, 3.8) is 0 Å². The number of amides is 1. The first-order valence-corrected chi connectivity index (χ1v) is 12.1. The predicted molar refractivity (Wildman–Crippen MR) is 136 cm³/mol. The van der Waals surface area contributed by atoms with E-state index < -0.39 is 10.8 Å². The number of morpholine rings is 1. The number of carbonyl (C=O) groups is 1. The highest BCUT2D eigenvalue weighted by atomic mass is 32.2. The van der Waals surface area contributed by atoms with Crippen LogP contribution in [0.5, 0.6) is 0 Å². The van der Waals surface area contributed by atoms with Gasteiger partial charge in [-0.25, -0.2) is 4.68 Å². The largest absolute Gasteiger partial charge is 0.378 e. The zero-order chi connectivity index (χ0) is 24.8. The van der Waals surface area contributed by atoms with Crippen molar-refractivity contribution < 1.29 is 14.5 Å². The molecule has 1 aliphatic rings. The Kier molecular flexibility index (Phi) is 7.90. The SMILES string of the molecule is Cc1nnc(SCc2ccccc2)n1NC(=S)NC(=O)c1cc([N+](=O)[O-])ccc1N1CCOCC1. The Bertz CT molecular complexity index is 1230. The number of ether oxygens (including phenoxy) is 1. The Balaban J connectivity index is 1.48. The third-order valence-corrected chi connectivity index (χ3v) is 6.43. The van der Waals surface area contributed by atoms with Crippen LogP contribution in [-0.4, -0.2) is 57.1 Å². The van der Waals surface area contributed by atoms with E-state index in [2.05, 4.69) is 20.9 Å². The van der Waals surface area contributed by atoms with E-state index in [4.69, 9.17) is 17.0 Å². The van der Waals surface area contributed by atoms with Crippen molar-refractivity contribution in [2.45, 2.75) is 17.8 Å². The first-order valence-electron chi connectivity index (χ1n) is 10.7. The lowest BCUT2D eigenvalue weighted by molar-refractivity contribution is -0.384. The van der Waals surface area contributed by atoms with Gasteiger partial charge in [0.25, 0.3) is 11.6 Å². The molecule has 2 N–H and O–H groups in total. The quantitative estimate of drug-likeness (QED) is 0.211. The van der Waals surface area contributed by atoms with Gasteiger partial charge in [-0.15, -0.1) is 10.2 Å². The summed E-state index contributed by atoms with van der Waals surface area (Å²) in [5.41, 5.74) is 4.62. The number of thioether (sulfide) groups is 1. The molecule has 0 unspecified atom stereocenters. The van der Waals surface area contributed by atoms with E-state index in [1.165, 1.54) is 23.9 Å². The van der Waals surface area contributed by atoms with Gasteiger partial charge in [0.05, 0.1) is 29.4 Å². The molecule has 2 heterocycles. The molecular formula is C22H23N7O4S2.